The quantitative estimate of drug-likeness (QED) is 0.899. The van der Waals surface area contributed by atoms with Gasteiger partial charge >= 0.3 is 0 Å². The summed E-state index contributed by atoms with van der Waals surface area (Å²) >= 11 is 0. The average Bonchev–Trinajstić information content (AvgIpc) is 2.62. The Morgan fingerprint density at radius 1 is 1.08 bits per heavy atom. The number of hydrogen-bond acceptors (Lipinski definition) is 5. The predicted octanol–water partition coefficient (Wildman–Crippen LogP) is 2.71. The summed E-state index contributed by atoms with van der Waals surface area (Å²) in [6.45, 7) is 10.0. The Kier molecular flexibility index (Phi) is 5.72. The van der Waals surface area contributed by atoms with Crippen molar-refractivity contribution in [3.8, 4) is 0 Å². The highest BCUT2D eigenvalue weighted by molar-refractivity contribution is 5.37. The number of nitrogens with one attached hydrogen (secondary N) is 1. The summed E-state index contributed by atoms with van der Waals surface area (Å²) in [5, 5.41) is 3.67. The number of likely N-dealkylation sites (tertiary alicyclic amines) is 2. The molecule has 0 spiro atoms. The van der Waals surface area contributed by atoms with Crippen molar-refractivity contribution in [3.63, 3.8) is 0 Å². The molecule has 0 radical (unpaired) electrons. The van der Waals surface area contributed by atoms with Gasteiger partial charge in [0.05, 0.1) is 0 Å². The SMILES string of the molecule is CCc1cc(NCC2(N3CCCCC3)CCN(C)CC2)nc(C)n1. The zero-order chi connectivity index (χ0) is 17.0. The van der Waals surface area contributed by atoms with Crippen LogP contribution in [0.4, 0.5) is 5.82 Å². The predicted molar refractivity (Wildman–Crippen MR) is 99.5 cm³/mol. The minimum Gasteiger partial charge on any atom is -0.368 e. The molecule has 2 aliphatic rings. The van der Waals surface area contributed by atoms with Crippen molar-refractivity contribution < 1.29 is 0 Å². The maximum atomic E-state index is 4.61. The van der Waals surface area contributed by atoms with E-state index in [2.05, 4.69) is 45.1 Å². The third-order valence-electron chi connectivity index (χ3n) is 5.80. The zero-order valence-corrected chi connectivity index (χ0v) is 15.6. The van der Waals surface area contributed by atoms with Crippen LogP contribution < -0.4 is 5.32 Å². The molecule has 3 rings (SSSR count). The molecule has 1 N–H and O–H groups in total. The number of aromatic nitrogens is 2. The van der Waals surface area contributed by atoms with Gasteiger partial charge in [0.15, 0.2) is 0 Å². The molecule has 0 aromatic carbocycles. The molecule has 0 saturated carbocycles. The molecule has 0 unspecified atom stereocenters. The van der Waals surface area contributed by atoms with Gasteiger partial charge in [-0.3, -0.25) is 4.90 Å². The van der Waals surface area contributed by atoms with E-state index in [4.69, 9.17) is 0 Å². The highest BCUT2D eigenvalue weighted by Gasteiger charge is 2.39. The summed E-state index contributed by atoms with van der Waals surface area (Å²) in [5.74, 6) is 1.86. The largest absolute Gasteiger partial charge is 0.368 e. The lowest BCUT2D eigenvalue weighted by atomic mass is 9.84. The summed E-state index contributed by atoms with van der Waals surface area (Å²) in [6, 6.07) is 2.12. The third kappa shape index (κ3) is 4.06. The van der Waals surface area contributed by atoms with E-state index in [1.54, 1.807) is 0 Å². The molecule has 0 atom stereocenters. The molecule has 1 aromatic heterocycles. The smallest absolute Gasteiger partial charge is 0.129 e. The number of hydrogen-bond donors (Lipinski definition) is 1. The molecule has 24 heavy (non-hydrogen) atoms. The molecule has 5 heteroatoms. The first-order valence-corrected chi connectivity index (χ1v) is 9.63. The molecule has 1 aromatic rings. The fourth-order valence-electron chi connectivity index (χ4n) is 4.16. The van der Waals surface area contributed by atoms with Gasteiger partial charge in [-0.1, -0.05) is 13.3 Å². The minimum absolute atomic E-state index is 0.290. The molecule has 2 saturated heterocycles. The second-order valence-corrected chi connectivity index (χ2v) is 7.57. The zero-order valence-electron chi connectivity index (χ0n) is 15.6. The van der Waals surface area contributed by atoms with Crippen LogP contribution in [-0.2, 0) is 6.42 Å². The van der Waals surface area contributed by atoms with Gasteiger partial charge in [-0.2, -0.15) is 0 Å². The van der Waals surface area contributed by atoms with E-state index < -0.39 is 0 Å². The maximum absolute atomic E-state index is 4.61. The monoisotopic (exact) mass is 331 g/mol. The number of nitrogens with zero attached hydrogens (tertiary/aromatic N) is 4. The van der Waals surface area contributed by atoms with E-state index in [-0.39, 0.29) is 5.54 Å². The van der Waals surface area contributed by atoms with Crippen LogP contribution in [0.25, 0.3) is 0 Å². The van der Waals surface area contributed by atoms with Crippen molar-refractivity contribution in [3.05, 3.63) is 17.6 Å². The Morgan fingerprint density at radius 3 is 2.46 bits per heavy atom. The average molecular weight is 332 g/mol. The van der Waals surface area contributed by atoms with Crippen LogP contribution >= 0.6 is 0 Å². The van der Waals surface area contributed by atoms with Crippen LogP contribution in [0.2, 0.25) is 0 Å². The minimum atomic E-state index is 0.290. The fraction of sp³-hybridized carbons (Fsp3) is 0.789. The van der Waals surface area contributed by atoms with Gasteiger partial charge in [-0.15, -0.1) is 0 Å². The Balaban J connectivity index is 1.73. The van der Waals surface area contributed by atoms with Gasteiger partial charge in [0.2, 0.25) is 0 Å². The van der Waals surface area contributed by atoms with Crippen molar-refractivity contribution in [1.29, 1.82) is 0 Å². The van der Waals surface area contributed by atoms with E-state index >= 15 is 0 Å². The van der Waals surface area contributed by atoms with E-state index in [0.29, 0.717) is 0 Å². The van der Waals surface area contributed by atoms with Crippen LogP contribution in [0, 0.1) is 6.92 Å². The summed E-state index contributed by atoms with van der Waals surface area (Å²) in [5.41, 5.74) is 1.42. The van der Waals surface area contributed by atoms with Crippen molar-refractivity contribution in [2.45, 2.75) is 57.9 Å². The molecule has 5 nitrogen and oxygen atoms in total. The van der Waals surface area contributed by atoms with Gasteiger partial charge < -0.3 is 10.2 Å². The van der Waals surface area contributed by atoms with Crippen LogP contribution in [0.1, 0.15) is 50.5 Å². The Morgan fingerprint density at radius 2 is 1.79 bits per heavy atom. The number of aryl methyl sites for hydroxylation is 2. The first-order chi connectivity index (χ1) is 11.6. The summed E-state index contributed by atoms with van der Waals surface area (Å²) in [6.07, 6.45) is 7.56. The molecular formula is C19H33N5. The van der Waals surface area contributed by atoms with Crippen LogP contribution in [0.3, 0.4) is 0 Å². The standard InChI is InChI=1S/C19H33N5/c1-4-17-14-18(22-16(2)21-17)20-15-19(8-12-23(3)13-9-19)24-10-6-5-7-11-24/h14H,4-13,15H2,1-3H3,(H,20,21,22). The lowest BCUT2D eigenvalue weighted by molar-refractivity contribution is 0.0234. The normalized spacial score (nSPS) is 22.5. The van der Waals surface area contributed by atoms with Crippen molar-refractivity contribution in [2.75, 3.05) is 45.1 Å². The van der Waals surface area contributed by atoms with E-state index in [1.165, 1.54) is 58.3 Å². The fourth-order valence-corrected chi connectivity index (χ4v) is 4.16. The van der Waals surface area contributed by atoms with E-state index in [1.807, 2.05) is 6.92 Å². The van der Waals surface area contributed by atoms with Crippen LogP contribution in [0.5, 0.6) is 0 Å². The lowest BCUT2D eigenvalue weighted by Gasteiger charge is -2.50. The number of rotatable bonds is 5. The molecule has 2 aliphatic heterocycles. The third-order valence-corrected chi connectivity index (χ3v) is 5.80. The summed E-state index contributed by atoms with van der Waals surface area (Å²) in [7, 11) is 2.24. The van der Waals surface area contributed by atoms with Crippen molar-refractivity contribution >= 4 is 5.82 Å². The topological polar surface area (TPSA) is 44.3 Å². The Labute approximate surface area is 146 Å². The molecular weight excluding hydrogens is 298 g/mol. The number of piperidine rings is 2. The Bertz CT molecular complexity index is 531. The van der Waals surface area contributed by atoms with Crippen molar-refractivity contribution in [1.82, 2.24) is 19.8 Å². The molecule has 2 fully saturated rings. The molecule has 0 amide bonds. The van der Waals surface area contributed by atoms with Gasteiger partial charge in [0, 0.05) is 23.8 Å². The highest BCUT2D eigenvalue weighted by atomic mass is 15.3. The van der Waals surface area contributed by atoms with Crippen LogP contribution in [-0.4, -0.2) is 65.1 Å². The summed E-state index contributed by atoms with van der Waals surface area (Å²) in [4.78, 5) is 14.3. The highest BCUT2D eigenvalue weighted by Crippen LogP contribution is 2.31. The lowest BCUT2D eigenvalue weighted by Crippen LogP contribution is -2.59. The van der Waals surface area contributed by atoms with Gasteiger partial charge in [0.25, 0.3) is 0 Å². The Hall–Kier alpha value is -1.20. The van der Waals surface area contributed by atoms with Gasteiger partial charge in [0.1, 0.15) is 11.6 Å². The molecule has 0 aliphatic carbocycles. The van der Waals surface area contributed by atoms with E-state index in [0.717, 1.165) is 30.3 Å². The van der Waals surface area contributed by atoms with Gasteiger partial charge in [-0.05, 0) is 72.3 Å². The second-order valence-electron chi connectivity index (χ2n) is 7.57. The van der Waals surface area contributed by atoms with Crippen molar-refractivity contribution in [2.24, 2.45) is 0 Å². The van der Waals surface area contributed by atoms with E-state index in [9.17, 15) is 0 Å². The first-order valence-electron chi connectivity index (χ1n) is 9.63. The second kappa shape index (κ2) is 7.79. The van der Waals surface area contributed by atoms with Gasteiger partial charge in [-0.25, -0.2) is 9.97 Å². The van der Waals surface area contributed by atoms with Crippen LogP contribution in [0.15, 0.2) is 6.07 Å². The molecule has 134 valence electrons. The maximum Gasteiger partial charge on any atom is 0.129 e. The first kappa shape index (κ1) is 17.6. The summed E-state index contributed by atoms with van der Waals surface area (Å²) < 4.78 is 0. The number of anilines is 1. The molecule has 0 bridgehead atoms. The molecule has 3 heterocycles.